The molecule has 0 bridgehead atoms. The largest absolute Gasteiger partial charge is 0.507 e. The van der Waals surface area contributed by atoms with Crippen molar-refractivity contribution in [2.75, 3.05) is 51.9 Å². The topological polar surface area (TPSA) is 88.5 Å². The first-order valence-electron chi connectivity index (χ1n) is 9.22. The second-order valence-electron chi connectivity index (χ2n) is 6.53. The van der Waals surface area contributed by atoms with Gasteiger partial charge in [0.25, 0.3) is 5.91 Å². The van der Waals surface area contributed by atoms with E-state index in [9.17, 15) is 14.7 Å². The van der Waals surface area contributed by atoms with Crippen LogP contribution in [0.25, 0.3) is 0 Å². The summed E-state index contributed by atoms with van der Waals surface area (Å²) in [7, 11) is 3.08. The van der Waals surface area contributed by atoms with Crippen LogP contribution < -0.4 is 14.4 Å². The van der Waals surface area contributed by atoms with Gasteiger partial charge in [0.15, 0.2) is 6.61 Å². The highest BCUT2D eigenvalue weighted by Crippen LogP contribution is 2.24. The molecule has 2 aromatic rings. The third-order valence-corrected chi connectivity index (χ3v) is 4.82. The predicted molar refractivity (Wildman–Crippen MR) is 107 cm³/mol. The monoisotopic (exact) mass is 400 g/mol. The number of ether oxygens (including phenoxy) is 3. The van der Waals surface area contributed by atoms with Gasteiger partial charge in [0.05, 0.1) is 14.2 Å². The van der Waals surface area contributed by atoms with Gasteiger partial charge in [-0.1, -0.05) is 0 Å². The minimum atomic E-state index is -0.772. The number of aromatic hydroxyl groups is 1. The number of phenolic OH excluding ortho intramolecular Hbond substituents is 1. The Labute approximate surface area is 169 Å². The molecule has 3 rings (SSSR count). The zero-order valence-electron chi connectivity index (χ0n) is 16.5. The van der Waals surface area contributed by atoms with Crippen LogP contribution >= 0.6 is 0 Å². The molecule has 0 unspecified atom stereocenters. The summed E-state index contributed by atoms with van der Waals surface area (Å²) < 4.78 is 15.3. The van der Waals surface area contributed by atoms with Crippen molar-refractivity contribution in [3.63, 3.8) is 0 Å². The number of amides is 1. The van der Waals surface area contributed by atoms with Crippen molar-refractivity contribution in [1.29, 1.82) is 0 Å². The molecule has 0 radical (unpaired) electrons. The second-order valence-corrected chi connectivity index (χ2v) is 6.53. The van der Waals surface area contributed by atoms with Gasteiger partial charge in [0, 0.05) is 31.9 Å². The highest BCUT2D eigenvalue weighted by atomic mass is 16.5. The minimum absolute atomic E-state index is 0.0403. The predicted octanol–water partition coefficient (Wildman–Crippen LogP) is 1.91. The number of carbonyl (C=O) groups is 2. The molecule has 1 amide bonds. The lowest BCUT2D eigenvalue weighted by atomic mass is 10.2. The first-order valence-corrected chi connectivity index (χ1v) is 9.22. The van der Waals surface area contributed by atoms with Crippen LogP contribution in [0.3, 0.4) is 0 Å². The molecule has 0 atom stereocenters. The number of anilines is 1. The van der Waals surface area contributed by atoms with E-state index in [1.54, 1.807) is 12.0 Å². The van der Waals surface area contributed by atoms with E-state index in [2.05, 4.69) is 4.90 Å². The molecule has 1 fully saturated rings. The summed E-state index contributed by atoms with van der Waals surface area (Å²) in [6.07, 6.45) is 0. The molecule has 2 aromatic carbocycles. The van der Waals surface area contributed by atoms with Crippen LogP contribution in [0, 0.1) is 0 Å². The molecule has 8 heteroatoms. The van der Waals surface area contributed by atoms with E-state index in [0.717, 1.165) is 11.4 Å². The first-order chi connectivity index (χ1) is 14.0. The number of rotatable bonds is 6. The number of benzene rings is 2. The van der Waals surface area contributed by atoms with Gasteiger partial charge in [-0.2, -0.15) is 0 Å². The van der Waals surface area contributed by atoms with Crippen molar-refractivity contribution in [2.24, 2.45) is 0 Å². The van der Waals surface area contributed by atoms with Gasteiger partial charge >= 0.3 is 5.97 Å². The highest BCUT2D eigenvalue weighted by Gasteiger charge is 2.23. The summed E-state index contributed by atoms with van der Waals surface area (Å²) in [5.41, 5.74) is 1.03. The number of carbonyl (C=O) groups excluding carboxylic acids is 2. The lowest BCUT2D eigenvalue weighted by molar-refractivity contribution is -0.134. The normalized spacial score (nSPS) is 13.7. The Bertz CT molecular complexity index is 860. The minimum Gasteiger partial charge on any atom is -0.507 e. The molecule has 1 aliphatic rings. The molecule has 1 heterocycles. The van der Waals surface area contributed by atoms with Gasteiger partial charge in [-0.05, 0) is 42.5 Å². The zero-order valence-corrected chi connectivity index (χ0v) is 16.5. The number of esters is 1. The van der Waals surface area contributed by atoms with Crippen molar-refractivity contribution in [1.82, 2.24) is 4.90 Å². The number of phenols is 1. The van der Waals surface area contributed by atoms with Crippen LogP contribution in [0.15, 0.2) is 42.5 Å². The van der Waals surface area contributed by atoms with Gasteiger partial charge < -0.3 is 29.1 Å². The van der Waals surface area contributed by atoms with Crippen LogP contribution in [0.2, 0.25) is 0 Å². The van der Waals surface area contributed by atoms with Crippen LogP contribution in [-0.2, 0) is 9.53 Å². The van der Waals surface area contributed by atoms with Gasteiger partial charge in [-0.25, -0.2) is 4.79 Å². The Hall–Kier alpha value is -3.42. The van der Waals surface area contributed by atoms with Crippen LogP contribution in [0.1, 0.15) is 10.4 Å². The van der Waals surface area contributed by atoms with E-state index in [-0.39, 0.29) is 23.8 Å². The quantitative estimate of drug-likeness (QED) is 0.741. The third-order valence-electron chi connectivity index (χ3n) is 4.82. The van der Waals surface area contributed by atoms with Crippen LogP contribution in [0.5, 0.6) is 17.2 Å². The van der Waals surface area contributed by atoms with Crippen molar-refractivity contribution in [3.05, 3.63) is 48.0 Å². The van der Waals surface area contributed by atoms with Gasteiger partial charge in [-0.15, -0.1) is 0 Å². The summed E-state index contributed by atoms with van der Waals surface area (Å²) in [6.45, 7) is 2.06. The van der Waals surface area contributed by atoms with Crippen LogP contribution in [0.4, 0.5) is 5.69 Å². The molecular formula is C21H24N2O6. The van der Waals surface area contributed by atoms with Crippen molar-refractivity contribution in [2.45, 2.75) is 0 Å². The summed E-state index contributed by atoms with van der Waals surface area (Å²) >= 11 is 0. The maximum Gasteiger partial charge on any atom is 0.342 e. The molecule has 0 aliphatic carbocycles. The van der Waals surface area contributed by atoms with Crippen LogP contribution in [-0.4, -0.2) is 68.9 Å². The molecule has 0 spiro atoms. The van der Waals surface area contributed by atoms with E-state index in [0.29, 0.717) is 31.9 Å². The Morgan fingerprint density at radius 1 is 0.931 bits per heavy atom. The smallest absolute Gasteiger partial charge is 0.342 e. The van der Waals surface area contributed by atoms with E-state index in [1.165, 1.54) is 25.3 Å². The molecule has 0 aromatic heterocycles. The van der Waals surface area contributed by atoms with E-state index < -0.39 is 5.97 Å². The Morgan fingerprint density at radius 2 is 1.55 bits per heavy atom. The number of hydrogen-bond donors (Lipinski definition) is 1. The molecule has 1 N–H and O–H groups in total. The Kier molecular flexibility index (Phi) is 6.43. The average molecular weight is 400 g/mol. The molecular weight excluding hydrogens is 376 g/mol. The Balaban J connectivity index is 1.50. The number of nitrogens with zero attached hydrogens (tertiary/aromatic N) is 2. The molecule has 1 saturated heterocycles. The molecule has 1 aliphatic heterocycles. The molecule has 29 heavy (non-hydrogen) atoms. The number of piperazine rings is 1. The molecule has 154 valence electrons. The maximum absolute atomic E-state index is 12.4. The van der Waals surface area contributed by atoms with Crippen molar-refractivity contribution < 1.29 is 28.9 Å². The number of methoxy groups -OCH3 is 2. The maximum atomic E-state index is 12.4. The summed E-state index contributed by atoms with van der Waals surface area (Å²) in [5, 5.41) is 9.82. The standard InChI is InChI=1S/C21H24N2O6/c1-27-16-5-3-15(4-6-16)22-9-11-23(12-10-22)20(25)14-29-21(26)18-13-17(28-2)7-8-19(18)24/h3-8,13,24H,9-12,14H2,1-2H3. The SMILES string of the molecule is COc1ccc(N2CCN(C(=O)COC(=O)c3cc(OC)ccc3O)CC2)cc1. The fourth-order valence-corrected chi connectivity index (χ4v) is 3.11. The highest BCUT2D eigenvalue weighted by molar-refractivity contribution is 5.94. The average Bonchev–Trinajstić information content (AvgIpc) is 2.77. The summed E-state index contributed by atoms with van der Waals surface area (Å²) in [4.78, 5) is 28.4. The van der Waals surface area contributed by atoms with E-state index in [1.807, 2.05) is 24.3 Å². The molecule has 8 nitrogen and oxygen atoms in total. The Morgan fingerprint density at radius 3 is 2.17 bits per heavy atom. The summed E-state index contributed by atoms with van der Waals surface area (Å²) in [6, 6.07) is 12.0. The fraction of sp³-hybridized carbons (Fsp3) is 0.333. The van der Waals surface area contributed by atoms with Gasteiger partial charge in [-0.3, -0.25) is 4.79 Å². The van der Waals surface area contributed by atoms with Crippen molar-refractivity contribution in [3.8, 4) is 17.2 Å². The molecule has 0 saturated carbocycles. The van der Waals surface area contributed by atoms with E-state index in [4.69, 9.17) is 14.2 Å². The van der Waals surface area contributed by atoms with Crippen molar-refractivity contribution >= 4 is 17.6 Å². The fourth-order valence-electron chi connectivity index (χ4n) is 3.11. The lowest BCUT2D eigenvalue weighted by Crippen LogP contribution is -2.49. The zero-order chi connectivity index (χ0) is 20.8. The lowest BCUT2D eigenvalue weighted by Gasteiger charge is -2.36. The second kappa shape index (κ2) is 9.18. The third kappa shape index (κ3) is 4.90. The van der Waals surface area contributed by atoms with Gasteiger partial charge in [0.2, 0.25) is 0 Å². The van der Waals surface area contributed by atoms with E-state index >= 15 is 0 Å². The number of hydrogen-bond acceptors (Lipinski definition) is 7. The first kappa shape index (κ1) is 20.3. The van der Waals surface area contributed by atoms with Gasteiger partial charge in [0.1, 0.15) is 22.8 Å². The summed E-state index contributed by atoms with van der Waals surface area (Å²) in [5.74, 6) is -0.0553.